The fraction of sp³-hybridized carbons (Fsp3) is 1.00. The Labute approximate surface area is 92.4 Å². The van der Waals surface area contributed by atoms with Crippen LogP contribution in [0.25, 0.3) is 0 Å². The second-order valence-corrected chi connectivity index (χ2v) is 4.39. The van der Waals surface area contributed by atoms with Gasteiger partial charge in [-0.3, -0.25) is 4.90 Å². The van der Waals surface area contributed by atoms with Gasteiger partial charge in [-0.25, -0.2) is 0 Å². The van der Waals surface area contributed by atoms with Crippen LogP contribution in [0.15, 0.2) is 0 Å². The fourth-order valence-electron chi connectivity index (χ4n) is 1.84. The van der Waals surface area contributed by atoms with Crippen molar-refractivity contribution in [1.82, 2.24) is 4.90 Å². The first-order chi connectivity index (χ1) is 7.22. The number of aliphatic hydroxyl groups excluding tert-OH is 1. The van der Waals surface area contributed by atoms with Crippen LogP contribution in [0.1, 0.15) is 26.2 Å². The lowest BCUT2D eigenvalue weighted by Gasteiger charge is -2.19. The number of hydrogen-bond donors (Lipinski definition) is 2. The number of ether oxygens (including phenoxy) is 1. The minimum absolute atomic E-state index is 0.290. The second kappa shape index (κ2) is 7.17. The molecule has 90 valence electrons. The van der Waals surface area contributed by atoms with E-state index >= 15 is 0 Å². The third-order valence-electron chi connectivity index (χ3n) is 2.73. The third-order valence-corrected chi connectivity index (χ3v) is 2.73. The van der Waals surface area contributed by atoms with Crippen LogP contribution in [0, 0.1) is 0 Å². The molecule has 0 aromatic rings. The van der Waals surface area contributed by atoms with Crippen molar-refractivity contribution in [2.75, 3.05) is 32.8 Å². The average Bonchev–Trinajstić information content (AvgIpc) is 2.59. The lowest BCUT2D eigenvalue weighted by molar-refractivity contribution is 0.0194. The van der Waals surface area contributed by atoms with E-state index in [9.17, 15) is 5.11 Å². The summed E-state index contributed by atoms with van der Waals surface area (Å²) in [6.07, 6.45) is 2.88. The molecule has 0 aliphatic carbocycles. The summed E-state index contributed by atoms with van der Waals surface area (Å²) in [5.74, 6) is 0. The van der Waals surface area contributed by atoms with Gasteiger partial charge in [0.25, 0.3) is 0 Å². The van der Waals surface area contributed by atoms with Crippen molar-refractivity contribution >= 4 is 0 Å². The predicted octanol–water partition coefficient (Wildman–Crippen LogP) is 0.197. The van der Waals surface area contributed by atoms with Gasteiger partial charge in [0.1, 0.15) is 0 Å². The zero-order chi connectivity index (χ0) is 11.1. The Hall–Kier alpha value is -0.160. The Morgan fingerprint density at radius 2 is 2.40 bits per heavy atom. The molecule has 1 saturated heterocycles. The Kier molecular flexibility index (Phi) is 6.17. The Morgan fingerprint density at radius 1 is 1.60 bits per heavy atom. The van der Waals surface area contributed by atoms with Crippen molar-refractivity contribution in [2.24, 2.45) is 5.73 Å². The van der Waals surface area contributed by atoms with Crippen LogP contribution in [-0.2, 0) is 4.74 Å². The number of rotatable bonds is 7. The monoisotopic (exact) mass is 216 g/mol. The van der Waals surface area contributed by atoms with Gasteiger partial charge in [0.15, 0.2) is 0 Å². The maximum atomic E-state index is 9.69. The number of unbranched alkanes of at least 4 members (excludes halogenated alkanes) is 1. The van der Waals surface area contributed by atoms with Gasteiger partial charge in [-0.2, -0.15) is 0 Å². The van der Waals surface area contributed by atoms with Crippen LogP contribution < -0.4 is 5.73 Å². The highest BCUT2D eigenvalue weighted by Crippen LogP contribution is 2.07. The lowest BCUT2D eigenvalue weighted by Crippen LogP contribution is -2.35. The summed E-state index contributed by atoms with van der Waals surface area (Å²) in [5, 5.41) is 9.69. The minimum atomic E-state index is -0.368. The van der Waals surface area contributed by atoms with Gasteiger partial charge in [-0.1, -0.05) is 13.3 Å². The van der Waals surface area contributed by atoms with E-state index in [0.717, 1.165) is 39.0 Å². The van der Waals surface area contributed by atoms with E-state index in [2.05, 4.69) is 11.8 Å². The molecule has 1 aliphatic heterocycles. The molecule has 1 rings (SSSR count). The molecule has 4 heteroatoms. The zero-order valence-electron chi connectivity index (χ0n) is 9.69. The molecule has 3 N–H and O–H groups in total. The molecule has 4 nitrogen and oxygen atoms in total. The highest BCUT2D eigenvalue weighted by Gasteiger charge is 2.20. The maximum absolute atomic E-state index is 9.69. The standard InChI is InChI=1S/C11H24N2O2/c1-2-3-6-15-9-11(14)8-13-5-4-10(12)7-13/h10-11,14H,2-9,12H2,1H3/t10-,11?/m0/s1. The number of β-amino-alcohol motifs (C(OH)–C–C–N with tert-alkyl or cyclic N) is 1. The molecule has 0 amide bonds. The third kappa shape index (κ3) is 5.47. The van der Waals surface area contributed by atoms with Gasteiger partial charge in [-0.05, 0) is 19.4 Å². The summed E-state index contributed by atoms with van der Waals surface area (Å²) < 4.78 is 5.37. The van der Waals surface area contributed by atoms with Crippen LogP contribution in [0.4, 0.5) is 0 Å². The van der Waals surface area contributed by atoms with E-state index in [1.165, 1.54) is 0 Å². The molecule has 1 heterocycles. The molecular weight excluding hydrogens is 192 g/mol. The van der Waals surface area contributed by atoms with Crippen molar-refractivity contribution in [3.8, 4) is 0 Å². The molecule has 0 aromatic carbocycles. The maximum Gasteiger partial charge on any atom is 0.0900 e. The number of hydrogen-bond acceptors (Lipinski definition) is 4. The summed E-state index contributed by atoms with van der Waals surface area (Å²) in [7, 11) is 0. The number of aliphatic hydroxyl groups is 1. The zero-order valence-corrected chi connectivity index (χ0v) is 9.69. The number of nitrogens with zero attached hydrogens (tertiary/aromatic N) is 1. The first-order valence-corrected chi connectivity index (χ1v) is 5.96. The minimum Gasteiger partial charge on any atom is -0.389 e. The van der Waals surface area contributed by atoms with Crippen LogP contribution in [0.5, 0.6) is 0 Å². The Bertz CT molecular complexity index is 167. The molecule has 0 spiro atoms. The normalized spacial score (nSPS) is 24.6. The van der Waals surface area contributed by atoms with Crippen LogP contribution >= 0.6 is 0 Å². The van der Waals surface area contributed by atoms with Crippen molar-refractivity contribution in [2.45, 2.75) is 38.3 Å². The van der Waals surface area contributed by atoms with Crippen molar-refractivity contribution in [3.05, 3.63) is 0 Å². The molecule has 0 aromatic heterocycles. The van der Waals surface area contributed by atoms with Gasteiger partial charge < -0.3 is 15.6 Å². The SMILES string of the molecule is CCCCOCC(O)CN1CC[C@H](N)C1. The van der Waals surface area contributed by atoms with Gasteiger partial charge >= 0.3 is 0 Å². The summed E-state index contributed by atoms with van der Waals surface area (Å²) in [6, 6.07) is 0.290. The fourth-order valence-corrected chi connectivity index (χ4v) is 1.84. The smallest absolute Gasteiger partial charge is 0.0900 e. The van der Waals surface area contributed by atoms with Crippen molar-refractivity contribution in [3.63, 3.8) is 0 Å². The molecule has 0 bridgehead atoms. The molecule has 15 heavy (non-hydrogen) atoms. The average molecular weight is 216 g/mol. The topological polar surface area (TPSA) is 58.7 Å². The van der Waals surface area contributed by atoms with Crippen LogP contribution in [-0.4, -0.2) is 55.0 Å². The van der Waals surface area contributed by atoms with Gasteiger partial charge in [0.05, 0.1) is 12.7 Å². The molecule has 1 aliphatic rings. The lowest BCUT2D eigenvalue weighted by atomic mass is 10.3. The number of nitrogens with two attached hydrogens (primary N) is 1. The molecule has 1 fully saturated rings. The van der Waals surface area contributed by atoms with E-state index in [1.807, 2.05) is 0 Å². The van der Waals surface area contributed by atoms with E-state index in [-0.39, 0.29) is 6.10 Å². The highest BCUT2D eigenvalue weighted by atomic mass is 16.5. The first kappa shape index (κ1) is 12.9. The highest BCUT2D eigenvalue weighted by molar-refractivity contribution is 4.79. The molecular formula is C11H24N2O2. The van der Waals surface area contributed by atoms with E-state index < -0.39 is 0 Å². The Morgan fingerprint density at radius 3 is 3.00 bits per heavy atom. The van der Waals surface area contributed by atoms with Crippen molar-refractivity contribution in [1.29, 1.82) is 0 Å². The van der Waals surface area contributed by atoms with Gasteiger partial charge in [0.2, 0.25) is 0 Å². The predicted molar refractivity (Wildman–Crippen MR) is 60.8 cm³/mol. The largest absolute Gasteiger partial charge is 0.389 e. The number of likely N-dealkylation sites (tertiary alicyclic amines) is 1. The molecule has 0 saturated carbocycles. The van der Waals surface area contributed by atoms with Crippen LogP contribution in [0.2, 0.25) is 0 Å². The van der Waals surface area contributed by atoms with E-state index in [4.69, 9.17) is 10.5 Å². The first-order valence-electron chi connectivity index (χ1n) is 5.96. The summed E-state index contributed by atoms with van der Waals surface area (Å²) in [5.41, 5.74) is 5.79. The quantitative estimate of drug-likeness (QED) is 0.597. The Balaban J connectivity index is 2.00. The second-order valence-electron chi connectivity index (χ2n) is 4.39. The van der Waals surface area contributed by atoms with E-state index in [0.29, 0.717) is 19.2 Å². The molecule has 2 atom stereocenters. The summed E-state index contributed by atoms with van der Waals surface area (Å²) in [6.45, 7) is 5.95. The summed E-state index contributed by atoms with van der Waals surface area (Å²) >= 11 is 0. The van der Waals surface area contributed by atoms with Crippen molar-refractivity contribution < 1.29 is 9.84 Å². The summed E-state index contributed by atoms with van der Waals surface area (Å²) in [4.78, 5) is 2.21. The molecule has 1 unspecified atom stereocenters. The molecule has 0 radical (unpaired) electrons. The van der Waals surface area contributed by atoms with Crippen LogP contribution in [0.3, 0.4) is 0 Å². The van der Waals surface area contributed by atoms with Gasteiger partial charge in [0, 0.05) is 25.7 Å². The van der Waals surface area contributed by atoms with E-state index in [1.54, 1.807) is 0 Å². The van der Waals surface area contributed by atoms with Gasteiger partial charge in [-0.15, -0.1) is 0 Å².